The number of carbonyl (C=O) groups excluding carboxylic acids is 1. The molecule has 1 aromatic carbocycles. The predicted octanol–water partition coefficient (Wildman–Crippen LogP) is 1.05. The Hall–Kier alpha value is -1.30. The largest absolute Gasteiger partial charge is 0.398 e. The summed E-state index contributed by atoms with van der Waals surface area (Å²) in [6.07, 6.45) is 0.517. The average molecular weight is 273 g/mol. The monoisotopic (exact) mass is 272 g/mol. The second-order valence-corrected chi connectivity index (χ2v) is 4.25. The van der Waals surface area contributed by atoms with Crippen molar-refractivity contribution in [3.8, 4) is 0 Å². The summed E-state index contributed by atoms with van der Waals surface area (Å²) in [7, 11) is 1.56. The van der Waals surface area contributed by atoms with Crippen LogP contribution in [0.2, 0.25) is 5.02 Å². The number of nitrogens with one attached hydrogen (secondary N) is 1. The number of methoxy groups -OCH3 is 1. The molecule has 1 atom stereocenters. The third-order valence-electron chi connectivity index (χ3n) is 2.50. The van der Waals surface area contributed by atoms with Gasteiger partial charge in [-0.05, 0) is 18.6 Å². The Morgan fingerprint density at radius 1 is 1.61 bits per heavy atom. The Morgan fingerprint density at radius 3 is 2.89 bits per heavy atom. The number of nitrogens with two attached hydrogens (primary N) is 1. The van der Waals surface area contributed by atoms with Crippen molar-refractivity contribution in [1.29, 1.82) is 0 Å². The van der Waals surface area contributed by atoms with Crippen LogP contribution < -0.4 is 11.1 Å². The van der Waals surface area contributed by atoms with Crippen LogP contribution >= 0.6 is 11.6 Å². The van der Waals surface area contributed by atoms with Crippen LogP contribution in [0.4, 0.5) is 5.69 Å². The molecule has 6 heteroatoms. The van der Waals surface area contributed by atoms with Crippen molar-refractivity contribution in [3.63, 3.8) is 0 Å². The first-order chi connectivity index (χ1) is 8.60. The summed E-state index contributed by atoms with van der Waals surface area (Å²) < 4.78 is 4.90. The Labute approximate surface area is 111 Å². The molecular formula is C12H17ClN2O3. The molecular weight excluding hydrogens is 256 g/mol. The Kier molecular flexibility index (Phi) is 5.91. The molecule has 0 saturated heterocycles. The maximum atomic E-state index is 12.0. The number of rotatable bonds is 6. The number of amides is 1. The molecule has 18 heavy (non-hydrogen) atoms. The van der Waals surface area contributed by atoms with Gasteiger partial charge in [0.25, 0.3) is 5.91 Å². The fourth-order valence-electron chi connectivity index (χ4n) is 1.51. The maximum Gasteiger partial charge on any atom is 0.255 e. The number of halogens is 1. The van der Waals surface area contributed by atoms with Crippen LogP contribution in [0.3, 0.4) is 0 Å². The normalized spacial score (nSPS) is 12.2. The van der Waals surface area contributed by atoms with Gasteiger partial charge in [0.2, 0.25) is 0 Å². The van der Waals surface area contributed by atoms with Crippen molar-refractivity contribution in [3.05, 3.63) is 28.8 Å². The molecule has 100 valence electrons. The molecule has 0 aliphatic heterocycles. The molecule has 0 aliphatic carbocycles. The molecule has 1 rings (SSSR count). The highest BCUT2D eigenvalue weighted by Gasteiger charge is 2.17. The highest BCUT2D eigenvalue weighted by molar-refractivity contribution is 6.34. The van der Waals surface area contributed by atoms with Crippen molar-refractivity contribution in [1.82, 2.24) is 5.32 Å². The van der Waals surface area contributed by atoms with Gasteiger partial charge in [-0.25, -0.2) is 0 Å². The number of anilines is 1. The van der Waals surface area contributed by atoms with Gasteiger partial charge >= 0.3 is 0 Å². The van der Waals surface area contributed by atoms with Crippen molar-refractivity contribution in [2.45, 2.75) is 12.5 Å². The van der Waals surface area contributed by atoms with Gasteiger partial charge < -0.3 is 20.9 Å². The highest BCUT2D eigenvalue weighted by Crippen LogP contribution is 2.21. The summed E-state index contributed by atoms with van der Waals surface area (Å²) in [6, 6.07) is 4.48. The van der Waals surface area contributed by atoms with E-state index in [0.29, 0.717) is 18.7 Å². The van der Waals surface area contributed by atoms with Crippen LogP contribution in [0.5, 0.6) is 0 Å². The van der Waals surface area contributed by atoms with Gasteiger partial charge in [-0.15, -0.1) is 0 Å². The Morgan fingerprint density at radius 2 is 2.33 bits per heavy atom. The van der Waals surface area contributed by atoms with E-state index in [1.165, 1.54) is 0 Å². The van der Waals surface area contributed by atoms with Gasteiger partial charge in [0.05, 0.1) is 23.2 Å². The third-order valence-corrected chi connectivity index (χ3v) is 2.81. The molecule has 0 saturated carbocycles. The number of hydrogen-bond acceptors (Lipinski definition) is 4. The Bertz CT molecular complexity index is 392. The number of carbonyl (C=O) groups is 1. The Balaban J connectivity index is 2.75. The van der Waals surface area contributed by atoms with E-state index in [-0.39, 0.29) is 23.2 Å². The number of aliphatic hydroxyl groups excluding tert-OH is 1. The lowest BCUT2D eigenvalue weighted by molar-refractivity contribution is 0.0896. The second kappa shape index (κ2) is 7.20. The lowest BCUT2D eigenvalue weighted by Crippen LogP contribution is -2.38. The molecule has 4 N–H and O–H groups in total. The lowest BCUT2D eigenvalue weighted by atomic mass is 10.1. The van der Waals surface area contributed by atoms with E-state index in [2.05, 4.69) is 5.32 Å². The van der Waals surface area contributed by atoms with Gasteiger partial charge in [0.1, 0.15) is 0 Å². The van der Waals surface area contributed by atoms with E-state index >= 15 is 0 Å². The van der Waals surface area contributed by atoms with E-state index < -0.39 is 5.91 Å². The number of aliphatic hydroxyl groups is 1. The minimum Gasteiger partial charge on any atom is -0.398 e. The van der Waals surface area contributed by atoms with Crippen LogP contribution in [0.25, 0.3) is 0 Å². The summed E-state index contributed by atoms with van der Waals surface area (Å²) in [5, 5.41) is 12.1. The molecule has 0 aliphatic rings. The zero-order chi connectivity index (χ0) is 13.5. The first-order valence-electron chi connectivity index (χ1n) is 5.54. The second-order valence-electron chi connectivity index (χ2n) is 3.84. The van der Waals surface area contributed by atoms with Gasteiger partial charge in [-0.2, -0.15) is 0 Å². The number of benzene rings is 1. The summed E-state index contributed by atoms with van der Waals surface area (Å²) in [5.74, 6) is -0.395. The fourth-order valence-corrected chi connectivity index (χ4v) is 1.77. The van der Waals surface area contributed by atoms with Crippen LogP contribution in [0.1, 0.15) is 16.8 Å². The van der Waals surface area contributed by atoms with Crippen molar-refractivity contribution in [2.75, 3.05) is 26.1 Å². The molecule has 0 radical (unpaired) electrons. The van der Waals surface area contributed by atoms with E-state index in [1.807, 2.05) is 0 Å². The topological polar surface area (TPSA) is 84.6 Å². The summed E-state index contributed by atoms with van der Waals surface area (Å²) in [5.41, 5.74) is 6.25. The standard InChI is InChI=1S/C12H17ClN2O3/c1-18-6-5-8(7-16)15-12(17)11-9(13)3-2-4-10(11)14/h2-4,8,16H,5-7,14H2,1H3,(H,15,17). The van der Waals surface area contributed by atoms with Gasteiger partial charge in [-0.1, -0.05) is 17.7 Å². The van der Waals surface area contributed by atoms with E-state index in [1.54, 1.807) is 25.3 Å². The van der Waals surface area contributed by atoms with E-state index in [4.69, 9.17) is 27.2 Å². The molecule has 1 aromatic rings. The quantitative estimate of drug-likeness (QED) is 0.676. The molecule has 0 fully saturated rings. The summed E-state index contributed by atoms with van der Waals surface area (Å²) >= 11 is 5.93. The SMILES string of the molecule is COCCC(CO)NC(=O)c1c(N)cccc1Cl. The van der Waals surface area contributed by atoms with Crippen molar-refractivity contribution < 1.29 is 14.6 Å². The van der Waals surface area contributed by atoms with Crippen LogP contribution in [-0.4, -0.2) is 37.4 Å². The number of nitrogen functional groups attached to an aromatic ring is 1. The fraction of sp³-hybridized carbons (Fsp3) is 0.417. The summed E-state index contributed by atoms with van der Waals surface area (Å²) in [6.45, 7) is 0.281. The van der Waals surface area contributed by atoms with Crippen LogP contribution in [0.15, 0.2) is 18.2 Å². The van der Waals surface area contributed by atoms with Crippen LogP contribution in [0, 0.1) is 0 Å². The lowest BCUT2D eigenvalue weighted by Gasteiger charge is -2.17. The molecule has 0 heterocycles. The third kappa shape index (κ3) is 3.87. The van der Waals surface area contributed by atoms with Gasteiger partial charge in [-0.3, -0.25) is 4.79 Å². The molecule has 0 bridgehead atoms. The minimum atomic E-state index is -0.395. The molecule has 0 spiro atoms. The first-order valence-corrected chi connectivity index (χ1v) is 5.92. The van der Waals surface area contributed by atoms with E-state index in [9.17, 15) is 4.79 Å². The smallest absolute Gasteiger partial charge is 0.255 e. The summed E-state index contributed by atoms with van der Waals surface area (Å²) in [4.78, 5) is 12.0. The zero-order valence-electron chi connectivity index (χ0n) is 10.1. The maximum absolute atomic E-state index is 12.0. The minimum absolute atomic E-state index is 0.167. The average Bonchev–Trinajstić information content (AvgIpc) is 2.34. The zero-order valence-corrected chi connectivity index (χ0v) is 10.9. The molecule has 5 nitrogen and oxygen atoms in total. The highest BCUT2D eigenvalue weighted by atomic mass is 35.5. The molecule has 0 aromatic heterocycles. The number of hydrogen-bond donors (Lipinski definition) is 3. The first kappa shape index (κ1) is 14.8. The molecule has 1 unspecified atom stereocenters. The number of ether oxygens (including phenoxy) is 1. The molecule has 1 amide bonds. The van der Waals surface area contributed by atoms with Crippen molar-refractivity contribution >= 4 is 23.2 Å². The van der Waals surface area contributed by atoms with Crippen molar-refractivity contribution in [2.24, 2.45) is 0 Å². The van der Waals surface area contributed by atoms with Gasteiger partial charge in [0, 0.05) is 19.4 Å². The predicted molar refractivity (Wildman–Crippen MR) is 70.7 cm³/mol. The van der Waals surface area contributed by atoms with E-state index in [0.717, 1.165) is 0 Å². The van der Waals surface area contributed by atoms with Gasteiger partial charge in [0.15, 0.2) is 0 Å². The van der Waals surface area contributed by atoms with Crippen LogP contribution in [-0.2, 0) is 4.74 Å².